The molecule has 0 unspecified atom stereocenters. The van der Waals surface area contributed by atoms with Gasteiger partial charge in [-0.3, -0.25) is 14.4 Å². The molecule has 1 fully saturated rings. The zero-order chi connectivity index (χ0) is 18.1. The molecule has 0 N–H and O–H groups in total. The number of pyridine rings is 1. The van der Waals surface area contributed by atoms with Crippen molar-refractivity contribution in [1.82, 2.24) is 14.4 Å². The third-order valence-corrected chi connectivity index (χ3v) is 4.67. The minimum Gasteiger partial charge on any atom is -0.459 e. The van der Waals surface area contributed by atoms with E-state index in [0.29, 0.717) is 37.5 Å². The number of piperazine rings is 1. The van der Waals surface area contributed by atoms with Gasteiger partial charge in [0.05, 0.1) is 6.26 Å². The third kappa shape index (κ3) is 3.09. The number of carbonyl (C=O) groups excluding carboxylic acids is 2. The SMILES string of the molecule is Cc1cc(C)n(C)c(=O)c1C(=O)N1CCN(C(=O)c2ccco2)CC1. The van der Waals surface area contributed by atoms with Gasteiger partial charge in [0.25, 0.3) is 17.4 Å². The van der Waals surface area contributed by atoms with Gasteiger partial charge in [0.1, 0.15) is 5.56 Å². The molecule has 2 aromatic rings. The molecule has 0 atom stereocenters. The van der Waals surface area contributed by atoms with Crippen LogP contribution in [0, 0.1) is 13.8 Å². The van der Waals surface area contributed by atoms with Crippen LogP contribution in [0.1, 0.15) is 32.2 Å². The van der Waals surface area contributed by atoms with Gasteiger partial charge < -0.3 is 18.8 Å². The van der Waals surface area contributed by atoms with Gasteiger partial charge in [-0.2, -0.15) is 0 Å². The van der Waals surface area contributed by atoms with Crippen LogP contribution < -0.4 is 5.56 Å². The Balaban J connectivity index is 1.74. The Bertz CT molecular complexity index is 859. The van der Waals surface area contributed by atoms with Crippen LogP contribution in [0.5, 0.6) is 0 Å². The molecule has 3 heterocycles. The standard InChI is InChI=1S/C18H21N3O4/c1-12-11-13(2)19(3)17(23)15(12)18(24)21-8-6-20(7-9-21)16(22)14-5-4-10-25-14/h4-5,10-11H,6-9H2,1-3H3. The quantitative estimate of drug-likeness (QED) is 0.821. The Morgan fingerprint density at radius 3 is 2.20 bits per heavy atom. The molecule has 3 rings (SSSR count). The van der Waals surface area contributed by atoms with Crippen LogP contribution in [0.4, 0.5) is 0 Å². The van der Waals surface area contributed by atoms with Gasteiger partial charge in [-0.05, 0) is 37.6 Å². The summed E-state index contributed by atoms with van der Waals surface area (Å²) in [6.45, 7) is 5.22. The first-order chi connectivity index (χ1) is 11.9. The second-order valence-corrected chi connectivity index (χ2v) is 6.27. The minimum atomic E-state index is -0.281. The lowest BCUT2D eigenvalue weighted by Gasteiger charge is -2.34. The third-order valence-electron chi connectivity index (χ3n) is 4.67. The molecule has 132 valence electrons. The fourth-order valence-corrected chi connectivity index (χ4v) is 3.07. The number of rotatable bonds is 2. The fraction of sp³-hybridized carbons (Fsp3) is 0.389. The van der Waals surface area contributed by atoms with Gasteiger partial charge in [0.2, 0.25) is 0 Å². The number of hydrogen-bond donors (Lipinski definition) is 0. The number of furan rings is 1. The summed E-state index contributed by atoms with van der Waals surface area (Å²) >= 11 is 0. The van der Waals surface area contributed by atoms with E-state index in [-0.39, 0.29) is 22.9 Å². The minimum absolute atomic E-state index is 0.181. The molecule has 2 aromatic heterocycles. The highest BCUT2D eigenvalue weighted by molar-refractivity contribution is 5.96. The van der Waals surface area contributed by atoms with Crippen molar-refractivity contribution < 1.29 is 14.0 Å². The van der Waals surface area contributed by atoms with Crippen molar-refractivity contribution in [3.63, 3.8) is 0 Å². The normalized spacial score (nSPS) is 14.7. The average Bonchev–Trinajstić information content (AvgIpc) is 3.14. The number of aromatic nitrogens is 1. The lowest BCUT2D eigenvalue weighted by Crippen LogP contribution is -2.51. The summed E-state index contributed by atoms with van der Waals surface area (Å²) in [5.41, 5.74) is 1.42. The molecular weight excluding hydrogens is 322 g/mol. The number of nitrogens with zero attached hydrogens (tertiary/aromatic N) is 3. The Labute approximate surface area is 145 Å². The Kier molecular flexibility index (Phi) is 4.48. The van der Waals surface area contributed by atoms with Crippen LogP contribution in [0.3, 0.4) is 0 Å². The molecule has 0 spiro atoms. The lowest BCUT2D eigenvalue weighted by atomic mass is 10.1. The molecule has 0 bridgehead atoms. The summed E-state index contributed by atoms with van der Waals surface area (Å²) in [5.74, 6) is -0.161. The van der Waals surface area contributed by atoms with Crippen molar-refractivity contribution in [3.05, 3.63) is 57.4 Å². The van der Waals surface area contributed by atoms with E-state index in [1.807, 2.05) is 13.0 Å². The van der Waals surface area contributed by atoms with E-state index >= 15 is 0 Å². The number of hydrogen-bond acceptors (Lipinski definition) is 4. The molecule has 7 heteroatoms. The highest BCUT2D eigenvalue weighted by atomic mass is 16.3. The molecule has 25 heavy (non-hydrogen) atoms. The largest absolute Gasteiger partial charge is 0.459 e. The molecule has 2 amide bonds. The monoisotopic (exact) mass is 343 g/mol. The molecule has 0 aromatic carbocycles. The van der Waals surface area contributed by atoms with Crippen LogP contribution in [-0.4, -0.2) is 52.4 Å². The maximum atomic E-state index is 12.8. The predicted molar refractivity (Wildman–Crippen MR) is 91.7 cm³/mol. The molecule has 7 nitrogen and oxygen atoms in total. The zero-order valence-electron chi connectivity index (χ0n) is 14.6. The van der Waals surface area contributed by atoms with E-state index in [1.165, 1.54) is 10.8 Å². The van der Waals surface area contributed by atoms with Crippen LogP contribution in [0.25, 0.3) is 0 Å². The summed E-state index contributed by atoms with van der Waals surface area (Å²) in [5, 5.41) is 0. The summed E-state index contributed by atoms with van der Waals surface area (Å²) in [7, 11) is 1.66. The molecule has 0 saturated carbocycles. The van der Waals surface area contributed by atoms with E-state index in [2.05, 4.69) is 0 Å². The zero-order valence-corrected chi connectivity index (χ0v) is 14.6. The predicted octanol–water partition coefficient (Wildman–Crippen LogP) is 1.19. The van der Waals surface area contributed by atoms with Gasteiger partial charge >= 0.3 is 0 Å². The van der Waals surface area contributed by atoms with E-state index in [0.717, 1.165) is 5.69 Å². The second-order valence-electron chi connectivity index (χ2n) is 6.27. The van der Waals surface area contributed by atoms with Crippen LogP contribution >= 0.6 is 0 Å². The van der Waals surface area contributed by atoms with E-state index in [9.17, 15) is 14.4 Å². The van der Waals surface area contributed by atoms with Crippen molar-refractivity contribution >= 4 is 11.8 Å². The highest BCUT2D eigenvalue weighted by Gasteiger charge is 2.28. The molecule has 1 aliphatic rings. The molecule has 1 aliphatic heterocycles. The second kappa shape index (κ2) is 6.58. The molecule has 0 aliphatic carbocycles. The summed E-state index contributed by atoms with van der Waals surface area (Å²) in [6, 6.07) is 5.13. The van der Waals surface area contributed by atoms with Gasteiger partial charge in [-0.1, -0.05) is 0 Å². The number of amides is 2. The van der Waals surface area contributed by atoms with Gasteiger partial charge in [-0.15, -0.1) is 0 Å². The van der Waals surface area contributed by atoms with Gasteiger partial charge in [0.15, 0.2) is 5.76 Å². The van der Waals surface area contributed by atoms with Crippen LogP contribution in [0.2, 0.25) is 0 Å². The summed E-state index contributed by atoms with van der Waals surface area (Å²) in [4.78, 5) is 40.8. The first kappa shape index (κ1) is 17.0. The number of aryl methyl sites for hydroxylation is 2. The first-order valence-electron chi connectivity index (χ1n) is 8.19. The van der Waals surface area contributed by atoms with Crippen molar-refractivity contribution in [2.45, 2.75) is 13.8 Å². The molecule has 1 saturated heterocycles. The van der Waals surface area contributed by atoms with E-state index in [1.54, 1.807) is 35.9 Å². The average molecular weight is 343 g/mol. The van der Waals surface area contributed by atoms with Crippen molar-refractivity contribution in [3.8, 4) is 0 Å². The van der Waals surface area contributed by atoms with Crippen LogP contribution in [-0.2, 0) is 7.05 Å². The maximum absolute atomic E-state index is 12.8. The Morgan fingerprint density at radius 1 is 1.04 bits per heavy atom. The molecular formula is C18H21N3O4. The Morgan fingerprint density at radius 2 is 1.64 bits per heavy atom. The topological polar surface area (TPSA) is 75.8 Å². The highest BCUT2D eigenvalue weighted by Crippen LogP contribution is 2.13. The van der Waals surface area contributed by atoms with E-state index in [4.69, 9.17) is 4.42 Å². The summed E-state index contributed by atoms with van der Waals surface area (Å²) in [6.07, 6.45) is 1.46. The smallest absolute Gasteiger partial charge is 0.289 e. The van der Waals surface area contributed by atoms with Crippen molar-refractivity contribution in [2.75, 3.05) is 26.2 Å². The van der Waals surface area contributed by atoms with Crippen molar-refractivity contribution in [1.29, 1.82) is 0 Å². The van der Waals surface area contributed by atoms with Crippen LogP contribution in [0.15, 0.2) is 33.7 Å². The van der Waals surface area contributed by atoms with E-state index < -0.39 is 0 Å². The van der Waals surface area contributed by atoms with Gasteiger partial charge in [0, 0.05) is 38.9 Å². The van der Waals surface area contributed by atoms with Crippen molar-refractivity contribution in [2.24, 2.45) is 7.05 Å². The molecule has 0 radical (unpaired) electrons. The Hall–Kier alpha value is -2.83. The maximum Gasteiger partial charge on any atom is 0.289 e. The number of carbonyl (C=O) groups is 2. The summed E-state index contributed by atoms with van der Waals surface area (Å²) < 4.78 is 6.62. The van der Waals surface area contributed by atoms with Gasteiger partial charge in [-0.25, -0.2) is 0 Å². The lowest BCUT2D eigenvalue weighted by molar-refractivity contribution is 0.0516. The first-order valence-corrected chi connectivity index (χ1v) is 8.19. The fourth-order valence-electron chi connectivity index (χ4n) is 3.07.